The minimum Gasteiger partial charge on any atom is -0.480 e. The number of aryl methyl sites for hydroxylation is 1. The number of rotatable bonds is 2. The first-order valence-corrected chi connectivity index (χ1v) is 6.15. The van der Waals surface area contributed by atoms with Crippen LogP contribution >= 0.6 is 0 Å². The Hall–Kier alpha value is -2.63. The van der Waals surface area contributed by atoms with Crippen molar-refractivity contribution in [3.8, 4) is 0 Å². The van der Waals surface area contributed by atoms with Gasteiger partial charge in [-0.15, -0.1) is 0 Å². The zero-order valence-corrected chi connectivity index (χ0v) is 10.7. The molecule has 20 heavy (non-hydrogen) atoms. The van der Waals surface area contributed by atoms with Crippen LogP contribution in [0.1, 0.15) is 21.8 Å². The number of hydrogen-bond acceptors (Lipinski definition) is 4. The monoisotopic (exact) mass is 272 g/mol. The first-order chi connectivity index (χ1) is 9.58. The lowest BCUT2D eigenvalue weighted by atomic mass is 10.1. The second-order valence-corrected chi connectivity index (χ2v) is 4.68. The van der Waals surface area contributed by atoms with Gasteiger partial charge in [0, 0.05) is 18.2 Å². The molecule has 6 nitrogen and oxygen atoms in total. The molecular formula is C14H12N2O4. The summed E-state index contributed by atoms with van der Waals surface area (Å²) in [6.07, 6.45) is 0.300. The quantitative estimate of drug-likeness (QED) is 0.898. The van der Waals surface area contributed by atoms with Gasteiger partial charge in [0.25, 0.3) is 5.91 Å². The number of nitrogens with zero attached hydrogens (tertiary/aromatic N) is 2. The first kappa shape index (κ1) is 12.4. The number of carbonyl (C=O) groups excluding carboxylic acids is 1. The van der Waals surface area contributed by atoms with Crippen molar-refractivity contribution in [1.29, 1.82) is 0 Å². The maximum atomic E-state index is 12.5. The Bertz CT molecular complexity index is 692. The highest BCUT2D eigenvalue weighted by Gasteiger charge is 2.39. The van der Waals surface area contributed by atoms with Crippen LogP contribution in [0.5, 0.6) is 0 Å². The molecule has 1 unspecified atom stereocenters. The molecule has 0 saturated heterocycles. The van der Waals surface area contributed by atoms with Crippen molar-refractivity contribution in [2.45, 2.75) is 19.4 Å². The third-order valence-electron chi connectivity index (χ3n) is 3.33. The fourth-order valence-corrected chi connectivity index (χ4v) is 2.43. The molecule has 0 radical (unpaired) electrons. The lowest BCUT2D eigenvalue weighted by Gasteiger charge is -2.21. The summed E-state index contributed by atoms with van der Waals surface area (Å²) in [6.45, 7) is 1.68. The molecule has 1 aliphatic heterocycles. The molecule has 0 fully saturated rings. The van der Waals surface area contributed by atoms with Crippen LogP contribution in [0.3, 0.4) is 0 Å². The lowest BCUT2D eigenvalue weighted by Crippen LogP contribution is -2.43. The maximum Gasteiger partial charge on any atom is 0.327 e. The van der Waals surface area contributed by atoms with Gasteiger partial charge in [-0.2, -0.15) is 0 Å². The summed E-state index contributed by atoms with van der Waals surface area (Å²) in [4.78, 5) is 25.1. The van der Waals surface area contributed by atoms with Gasteiger partial charge >= 0.3 is 5.97 Å². The van der Waals surface area contributed by atoms with Crippen molar-refractivity contribution in [3.05, 3.63) is 47.3 Å². The number of carbonyl (C=O) groups is 2. The van der Waals surface area contributed by atoms with Crippen LogP contribution in [0.4, 0.5) is 5.69 Å². The second kappa shape index (κ2) is 4.48. The number of para-hydroxylation sites is 1. The molecule has 1 amide bonds. The molecule has 102 valence electrons. The molecule has 2 aromatic rings. The van der Waals surface area contributed by atoms with Gasteiger partial charge in [0.2, 0.25) is 0 Å². The zero-order chi connectivity index (χ0) is 14.3. The summed E-state index contributed by atoms with van der Waals surface area (Å²) in [5.74, 6) is -0.985. The van der Waals surface area contributed by atoms with E-state index in [9.17, 15) is 14.7 Å². The fraction of sp³-hybridized carbons (Fsp3) is 0.214. The van der Waals surface area contributed by atoms with Crippen LogP contribution < -0.4 is 4.90 Å². The number of anilines is 1. The topological polar surface area (TPSA) is 83.6 Å². The third kappa shape index (κ3) is 1.85. The highest BCUT2D eigenvalue weighted by atomic mass is 16.5. The van der Waals surface area contributed by atoms with Crippen LogP contribution in [0.15, 0.2) is 34.9 Å². The minimum absolute atomic E-state index is 0.116. The van der Waals surface area contributed by atoms with Crippen molar-refractivity contribution < 1.29 is 19.2 Å². The molecule has 2 heterocycles. The third-order valence-corrected chi connectivity index (χ3v) is 3.33. The first-order valence-electron chi connectivity index (χ1n) is 6.15. The van der Waals surface area contributed by atoms with E-state index in [-0.39, 0.29) is 5.69 Å². The van der Waals surface area contributed by atoms with Gasteiger partial charge in [-0.05, 0) is 18.6 Å². The summed E-state index contributed by atoms with van der Waals surface area (Å²) in [6, 6.07) is 7.76. The molecule has 1 atom stereocenters. The molecule has 0 spiro atoms. The SMILES string of the molecule is Cc1cc(C(=O)N2c3ccccc3CC2C(=O)O)no1. The van der Waals surface area contributed by atoms with Gasteiger partial charge in [-0.1, -0.05) is 23.4 Å². The Morgan fingerprint density at radius 3 is 2.80 bits per heavy atom. The van der Waals surface area contributed by atoms with Gasteiger partial charge in [-0.25, -0.2) is 4.79 Å². The van der Waals surface area contributed by atoms with E-state index >= 15 is 0 Å². The van der Waals surface area contributed by atoms with E-state index in [4.69, 9.17) is 4.52 Å². The number of benzene rings is 1. The zero-order valence-electron chi connectivity index (χ0n) is 10.7. The average molecular weight is 272 g/mol. The Morgan fingerprint density at radius 1 is 1.40 bits per heavy atom. The van der Waals surface area contributed by atoms with Crippen molar-refractivity contribution in [3.63, 3.8) is 0 Å². The Balaban J connectivity index is 2.04. The fourth-order valence-electron chi connectivity index (χ4n) is 2.43. The molecule has 0 saturated carbocycles. The van der Waals surface area contributed by atoms with E-state index in [0.717, 1.165) is 5.56 Å². The van der Waals surface area contributed by atoms with E-state index < -0.39 is 17.9 Å². The van der Waals surface area contributed by atoms with E-state index in [1.54, 1.807) is 19.1 Å². The number of aliphatic carboxylic acids is 1. The lowest BCUT2D eigenvalue weighted by molar-refractivity contribution is -0.138. The maximum absolute atomic E-state index is 12.5. The summed E-state index contributed by atoms with van der Waals surface area (Å²) < 4.78 is 4.88. The predicted octanol–water partition coefficient (Wildman–Crippen LogP) is 1.64. The Morgan fingerprint density at radius 2 is 2.15 bits per heavy atom. The van der Waals surface area contributed by atoms with E-state index in [2.05, 4.69) is 5.16 Å². The van der Waals surface area contributed by atoms with Crippen LogP contribution in [0.2, 0.25) is 0 Å². The number of hydrogen-bond donors (Lipinski definition) is 1. The minimum atomic E-state index is -1.03. The molecule has 1 aromatic carbocycles. The summed E-state index contributed by atoms with van der Waals surface area (Å²) in [7, 11) is 0. The van der Waals surface area contributed by atoms with E-state index in [1.807, 2.05) is 12.1 Å². The summed E-state index contributed by atoms with van der Waals surface area (Å²) in [5, 5.41) is 13.0. The molecule has 1 aromatic heterocycles. The largest absolute Gasteiger partial charge is 0.480 e. The highest BCUT2D eigenvalue weighted by Crippen LogP contribution is 2.33. The predicted molar refractivity (Wildman–Crippen MR) is 69.6 cm³/mol. The molecular weight excluding hydrogens is 260 g/mol. The van der Waals surface area contributed by atoms with Gasteiger partial charge in [-0.3, -0.25) is 9.69 Å². The van der Waals surface area contributed by atoms with Crippen LogP contribution in [0.25, 0.3) is 0 Å². The Labute approximate surface area is 114 Å². The standard InChI is InChI=1S/C14H12N2O4/c1-8-6-10(15-20-8)13(17)16-11-5-3-2-4-9(11)7-12(16)14(18)19/h2-6,12H,7H2,1H3,(H,18,19). The number of amides is 1. The molecule has 1 aliphatic rings. The molecule has 0 aliphatic carbocycles. The highest BCUT2D eigenvalue weighted by molar-refractivity contribution is 6.09. The average Bonchev–Trinajstić information content (AvgIpc) is 3.01. The summed E-state index contributed by atoms with van der Waals surface area (Å²) in [5.41, 5.74) is 1.57. The number of fused-ring (bicyclic) bond motifs is 1. The van der Waals surface area contributed by atoms with Crippen LogP contribution in [-0.2, 0) is 11.2 Å². The summed E-state index contributed by atoms with van der Waals surface area (Å²) >= 11 is 0. The van der Waals surface area contributed by atoms with Gasteiger partial charge < -0.3 is 9.63 Å². The van der Waals surface area contributed by atoms with Crippen molar-refractivity contribution in [1.82, 2.24) is 5.16 Å². The molecule has 6 heteroatoms. The Kier molecular flexibility index (Phi) is 2.78. The second-order valence-electron chi connectivity index (χ2n) is 4.68. The smallest absolute Gasteiger partial charge is 0.327 e. The van der Waals surface area contributed by atoms with Crippen LogP contribution in [-0.4, -0.2) is 28.2 Å². The van der Waals surface area contributed by atoms with Gasteiger partial charge in [0.15, 0.2) is 5.69 Å². The van der Waals surface area contributed by atoms with Gasteiger partial charge in [0.05, 0.1) is 0 Å². The number of carboxylic acids is 1. The normalized spacial score (nSPS) is 17.1. The van der Waals surface area contributed by atoms with Crippen molar-refractivity contribution >= 4 is 17.6 Å². The van der Waals surface area contributed by atoms with E-state index in [0.29, 0.717) is 17.9 Å². The molecule has 1 N–H and O–H groups in total. The molecule has 3 rings (SSSR count). The van der Waals surface area contributed by atoms with Gasteiger partial charge in [0.1, 0.15) is 11.8 Å². The molecule has 0 bridgehead atoms. The number of aromatic nitrogens is 1. The van der Waals surface area contributed by atoms with Crippen molar-refractivity contribution in [2.75, 3.05) is 4.90 Å². The van der Waals surface area contributed by atoms with Crippen molar-refractivity contribution in [2.24, 2.45) is 0 Å². The van der Waals surface area contributed by atoms with E-state index in [1.165, 1.54) is 11.0 Å². The van der Waals surface area contributed by atoms with Crippen LogP contribution in [0, 0.1) is 6.92 Å². The number of carboxylic acid groups (broad SMARTS) is 1.